The predicted octanol–water partition coefficient (Wildman–Crippen LogP) is 4.57. The molecule has 19 heavy (non-hydrogen) atoms. The van der Waals surface area contributed by atoms with E-state index in [0.29, 0.717) is 12.0 Å². The standard InChI is InChI=1S/C16H27ClN2/c1-5-15(6-2)19(10-12(3)4)11-13-7-8-14(18)9-16(13)17/h7-9,12,15H,5-6,10-11,18H2,1-4H3. The first-order chi connectivity index (χ1) is 8.97. The quantitative estimate of drug-likeness (QED) is 0.742. The molecule has 108 valence electrons. The third-order valence-electron chi connectivity index (χ3n) is 3.51. The van der Waals surface area contributed by atoms with Crippen LogP contribution in [0.1, 0.15) is 46.1 Å². The molecular weight excluding hydrogens is 256 g/mol. The van der Waals surface area contributed by atoms with E-state index in [-0.39, 0.29) is 0 Å². The van der Waals surface area contributed by atoms with E-state index in [9.17, 15) is 0 Å². The van der Waals surface area contributed by atoms with Crippen molar-refractivity contribution in [1.29, 1.82) is 0 Å². The van der Waals surface area contributed by atoms with Gasteiger partial charge < -0.3 is 5.73 Å². The Morgan fingerprint density at radius 3 is 2.32 bits per heavy atom. The summed E-state index contributed by atoms with van der Waals surface area (Å²) in [6, 6.07) is 6.45. The second-order valence-corrected chi connectivity index (χ2v) is 6.05. The van der Waals surface area contributed by atoms with Gasteiger partial charge in [-0.25, -0.2) is 0 Å². The molecule has 2 N–H and O–H groups in total. The average molecular weight is 283 g/mol. The third-order valence-corrected chi connectivity index (χ3v) is 3.86. The van der Waals surface area contributed by atoms with Crippen molar-refractivity contribution in [2.75, 3.05) is 12.3 Å². The van der Waals surface area contributed by atoms with E-state index in [0.717, 1.165) is 23.8 Å². The summed E-state index contributed by atoms with van der Waals surface area (Å²) in [6.45, 7) is 11.1. The molecule has 3 heteroatoms. The summed E-state index contributed by atoms with van der Waals surface area (Å²) in [7, 11) is 0. The van der Waals surface area contributed by atoms with E-state index in [4.69, 9.17) is 17.3 Å². The van der Waals surface area contributed by atoms with E-state index in [1.54, 1.807) is 0 Å². The van der Waals surface area contributed by atoms with E-state index >= 15 is 0 Å². The van der Waals surface area contributed by atoms with Gasteiger partial charge in [-0.1, -0.05) is 45.4 Å². The highest BCUT2D eigenvalue weighted by Crippen LogP contribution is 2.23. The van der Waals surface area contributed by atoms with Gasteiger partial charge >= 0.3 is 0 Å². The van der Waals surface area contributed by atoms with Crippen molar-refractivity contribution in [3.63, 3.8) is 0 Å². The molecule has 0 saturated carbocycles. The maximum Gasteiger partial charge on any atom is 0.0471 e. The molecule has 0 atom stereocenters. The lowest BCUT2D eigenvalue weighted by atomic mass is 10.1. The Balaban J connectivity index is 2.86. The van der Waals surface area contributed by atoms with Crippen LogP contribution in [0.5, 0.6) is 0 Å². The van der Waals surface area contributed by atoms with Gasteiger partial charge in [0.2, 0.25) is 0 Å². The van der Waals surface area contributed by atoms with Crippen molar-refractivity contribution in [2.45, 2.75) is 53.1 Å². The Morgan fingerprint density at radius 1 is 1.21 bits per heavy atom. The topological polar surface area (TPSA) is 29.3 Å². The fraction of sp³-hybridized carbons (Fsp3) is 0.625. The molecule has 0 radical (unpaired) electrons. The van der Waals surface area contributed by atoms with Crippen molar-refractivity contribution in [1.82, 2.24) is 4.90 Å². The first-order valence-corrected chi connectivity index (χ1v) is 7.63. The van der Waals surface area contributed by atoms with Crippen LogP contribution in [0.15, 0.2) is 18.2 Å². The Morgan fingerprint density at radius 2 is 1.84 bits per heavy atom. The number of rotatable bonds is 7. The van der Waals surface area contributed by atoms with Crippen molar-refractivity contribution in [3.05, 3.63) is 28.8 Å². The summed E-state index contributed by atoms with van der Waals surface area (Å²) in [5.74, 6) is 0.660. The smallest absolute Gasteiger partial charge is 0.0471 e. The van der Waals surface area contributed by atoms with Crippen LogP contribution in [0.4, 0.5) is 5.69 Å². The second-order valence-electron chi connectivity index (χ2n) is 5.64. The number of hydrogen-bond donors (Lipinski definition) is 1. The van der Waals surface area contributed by atoms with Crippen molar-refractivity contribution >= 4 is 17.3 Å². The van der Waals surface area contributed by atoms with Crippen LogP contribution in [0.2, 0.25) is 5.02 Å². The summed E-state index contributed by atoms with van der Waals surface area (Å²) in [4.78, 5) is 2.54. The van der Waals surface area contributed by atoms with Crippen LogP contribution in [0.25, 0.3) is 0 Å². The Hall–Kier alpha value is -0.730. The summed E-state index contributed by atoms with van der Waals surface area (Å²) in [5, 5.41) is 0.778. The maximum atomic E-state index is 6.29. The van der Waals surface area contributed by atoms with Gasteiger partial charge in [0.1, 0.15) is 0 Å². The molecular formula is C16H27ClN2. The van der Waals surface area contributed by atoms with Gasteiger partial charge in [-0.3, -0.25) is 4.90 Å². The summed E-state index contributed by atoms with van der Waals surface area (Å²) in [5.41, 5.74) is 7.65. The normalized spacial score (nSPS) is 11.8. The molecule has 0 aliphatic carbocycles. The Labute approximate surface area is 122 Å². The van der Waals surface area contributed by atoms with Crippen LogP contribution in [0.3, 0.4) is 0 Å². The zero-order valence-corrected chi connectivity index (χ0v) is 13.4. The van der Waals surface area contributed by atoms with Crippen LogP contribution < -0.4 is 5.73 Å². The monoisotopic (exact) mass is 282 g/mol. The van der Waals surface area contributed by atoms with Gasteiger partial charge in [-0.05, 0) is 36.5 Å². The maximum absolute atomic E-state index is 6.29. The summed E-state index contributed by atoms with van der Waals surface area (Å²) < 4.78 is 0. The molecule has 0 aromatic heterocycles. The summed E-state index contributed by atoms with van der Waals surface area (Å²) in [6.07, 6.45) is 2.35. The average Bonchev–Trinajstić information content (AvgIpc) is 2.33. The number of hydrogen-bond acceptors (Lipinski definition) is 2. The van der Waals surface area contributed by atoms with E-state index in [1.807, 2.05) is 18.2 Å². The van der Waals surface area contributed by atoms with E-state index in [2.05, 4.69) is 32.6 Å². The fourth-order valence-corrected chi connectivity index (χ4v) is 2.78. The van der Waals surface area contributed by atoms with Crippen LogP contribution >= 0.6 is 11.6 Å². The highest BCUT2D eigenvalue weighted by molar-refractivity contribution is 6.31. The molecule has 2 nitrogen and oxygen atoms in total. The predicted molar refractivity (Wildman–Crippen MR) is 85.5 cm³/mol. The molecule has 0 unspecified atom stereocenters. The Kier molecular flexibility index (Phi) is 6.67. The van der Waals surface area contributed by atoms with Gasteiger partial charge in [0, 0.05) is 29.8 Å². The lowest BCUT2D eigenvalue weighted by Crippen LogP contribution is -2.36. The summed E-state index contributed by atoms with van der Waals surface area (Å²) >= 11 is 6.29. The number of nitrogens with zero attached hydrogens (tertiary/aromatic N) is 1. The second kappa shape index (κ2) is 7.76. The molecule has 0 bridgehead atoms. The fourth-order valence-electron chi connectivity index (χ4n) is 2.53. The first kappa shape index (κ1) is 16.3. The van der Waals surface area contributed by atoms with Crippen molar-refractivity contribution in [3.8, 4) is 0 Å². The SMILES string of the molecule is CCC(CC)N(Cc1ccc(N)cc1Cl)CC(C)C. The van der Waals surface area contributed by atoms with Crippen LogP contribution in [0, 0.1) is 5.92 Å². The number of nitrogens with two attached hydrogens (primary N) is 1. The number of halogens is 1. The lowest BCUT2D eigenvalue weighted by Gasteiger charge is -2.32. The van der Waals surface area contributed by atoms with E-state index < -0.39 is 0 Å². The molecule has 0 heterocycles. The minimum Gasteiger partial charge on any atom is -0.399 e. The molecule has 1 rings (SSSR count). The molecule has 0 amide bonds. The van der Waals surface area contributed by atoms with Crippen LogP contribution in [-0.4, -0.2) is 17.5 Å². The highest BCUT2D eigenvalue weighted by atomic mass is 35.5. The van der Waals surface area contributed by atoms with E-state index in [1.165, 1.54) is 18.4 Å². The van der Waals surface area contributed by atoms with Gasteiger partial charge in [0.25, 0.3) is 0 Å². The zero-order chi connectivity index (χ0) is 14.4. The number of nitrogen functional groups attached to an aromatic ring is 1. The molecule has 0 fully saturated rings. The molecule has 1 aromatic rings. The van der Waals surface area contributed by atoms with Gasteiger partial charge in [0.05, 0.1) is 0 Å². The lowest BCUT2D eigenvalue weighted by molar-refractivity contribution is 0.157. The molecule has 0 saturated heterocycles. The Bertz CT molecular complexity index is 386. The molecule has 1 aromatic carbocycles. The van der Waals surface area contributed by atoms with Gasteiger partial charge in [-0.2, -0.15) is 0 Å². The molecule has 0 spiro atoms. The minimum atomic E-state index is 0.621. The third kappa shape index (κ3) is 5.04. The largest absolute Gasteiger partial charge is 0.399 e. The van der Waals surface area contributed by atoms with Crippen LogP contribution in [-0.2, 0) is 6.54 Å². The number of anilines is 1. The highest BCUT2D eigenvalue weighted by Gasteiger charge is 2.17. The zero-order valence-electron chi connectivity index (χ0n) is 12.6. The minimum absolute atomic E-state index is 0.621. The van der Waals surface area contributed by atoms with Gasteiger partial charge in [0.15, 0.2) is 0 Å². The van der Waals surface area contributed by atoms with Crippen molar-refractivity contribution in [2.24, 2.45) is 5.92 Å². The molecule has 0 aliphatic heterocycles. The first-order valence-electron chi connectivity index (χ1n) is 7.25. The van der Waals surface area contributed by atoms with Crippen molar-refractivity contribution < 1.29 is 0 Å². The molecule has 0 aliphatic rings. The van der Waals surface area contributed by atoms with Gasteiger partial charge in [-0.15, -0.1) is 0 Å². The number of benzene rings is 1.